The monoisotopic (exact) mass is 544 g/mol. The highest BCUT2D eigenvalue weighted by atomic mass is 19.1. The van der Waals surface area contributed by atoms with Crippen LogP contribution in [0.3, 0.4) is 0 Å². The molecule has 0 spiro atoms. The first kappa shape index (κ1) is 28.0. The Morgan fingerprint density at radius 1 is 0.900 bits per heavy atom. The van der Waals surface area contributed by atoms with Gasteiger partial charge >= 0.3 is 0 Å². The molecule has 0 radical (unpaired) electrons. The van der Waals surface area contributed by atoms with Crippen LogP contribution in [-0.4, -0.2) is 35.6 Å². The van der Waals surface area contributed by atoms with Crippen molar-refractivity contribution in [3.8, 4) is 0 Å². The maximum Gasteiger partial charge on any atom is 0.237 e. The van der Waals surface area contributed by atoms with Gasteiger partial charge in [-0.05, 0) is 92.0 Å². The number of rotatable bonds is 11. The van der Waals surface area contributed by atoms with Crippen molar-refractivity contribution >= 4 is 16.8 Å². The summed E-state index contributed by atoms with van der Waals surface area (Å²) in [4.78, 5) is 16.8. The van der Waals surface area contributed by atoms with Gasteiger partial charge in [0.05, 0.1) is 6.04 Å². The quantitative estimate of drug-likeness (QED) is 0.176. The number of nitrogens with two attached hydrogens (primary N) is 1. The van der Waals surface area contributed by atoms with Gasteiger partial charge in [-0.1, -0.05) is 42.5 Å². The number of halogens is 2. The number of hydrogen-bond acceptors (Lipinski definition) is 3. The van der Waals surface area contributed by atoms with Gasteiger partial charge in [0.25, 0.3) is 0 Å². The Bertz CT molecular complexity index is 1330. The maximum absolute atomic E-state index is 13.6. The van der Waals surface area contributed by atoms with Crippen molar-refractivity contribution in [2.24, 2.45) is 5.73 Å². The summed E-state index contributed by atoms with van der Waals surface area (Å²) >= 11 is 0. The molecule has 0 unspecified atom stereocenters. The van der Waals surface area contributed by atoms with E-state index in [1.165, 1.54) is 24.3 Å². The average molecular weight is 545 g/mol. The minimum Gasteiger partial charge on any atom is -0.361 e. The summed E-state index contributed by atoms with van der Waals surface area (Å²) in [5.74, 6) is -0.616. The lowest BCUT2D eigenvalue weighted by molar-refractivity contribution is -0.123. The standard InChI is InChI=1S/C33H38F2N4O/c34-25-11-7-22(8-12-25)29(23-9-13-26(35)14-10-23)5-3-19-37-33(40)32(39-28-17-15-27(36)16-18-28)20-24-21-38-31-6-2-1-4-30(24)31/h1-2,4,6-14,21,27-29,32,38-39H,3,5,15-20,36H2,(H,37,40)/t27?,28?,32-/m0/s1. The Morgan fingerprint density at radius 2 is 1.52 bits per heavy atom. The largest absolute Gasteiger partial charge is 0.361 e. The zero-order valence-electron chi connectivity index (χ0n) is 22.7. The second-order valence-electron chi connectivity index (χ2n) is 11.0. The molecule has 1 atom stereocenters. The molecule has 5 rings (SSSR count). The van der Waals surface area contributed by atoms with Crippen LogP contribution in [0.4, 0.5) is 8.78 Å². The topological polar surface area (TPSA) is 82.9 Å². The van der Waals surface area contributed by atoms with Crippen molar-refractivity contribution < 1.29 is 13.6 Å². The smallest absolute Gasteiger partial charge is 0.237 e. The number of fused-ring (bicyclic) bond motifs is 1. The van der Waals surface area contributed by atoms with Gasteiger partial charge in [-0.25, -0.2) is 8.78 Å². The van der Waals surface area contributed by atoms with E-state index in [1.807, 2.05) is 24.4 Å². The Hall–Kier alpha value is -3.55. The lowest BCUT2D eigenvalue weighted by Gasteiger charge is -2.30. The number of amides is 1. The SMILES string of the molecule is NC1CCC(N[C@@H](Cc2c[nH]c3ccccc23)C(=O)NCCCC(c2ccc(F)cc2)c2ccc(F)cc2)CC1. The molecule has 40 heavy (non-hydrogen) atoms. The number of aromatic amines is 1. The number of para-hydroxylation sites is 1. The van der Waals surface area contributed by atoms with E-state index in [4.69, 9.17) is 5.73 Å². The second kappa shape index (κ2) is 13.2. The van der Waals surface area contributed by atoms with Crippen LogP contribution in [0.15, 0.2) is 79.0 Å². The van der Waals surface area contributed by atoms with Crippen LogP contribution < -0.4 is 16.4 Å². The molecule has 5 N–H and O–H groups in total. The molecule has 1 amide bonds. The minimum absolute atomic E-state index is 0.0136. The van der Waals surface area contributed by atoms with Crippen molar-refractivity contribution in [1.82, 2.24) is 15.6 Å². The van der Waals surface area contributed by atoms with Crippen LogP contribution in [0.25, 0.3) is 10.9 Å². The highest BCUT2D eigenvalue weighted by Gasteiger charge is 2.26. The van der Waals surface area contributed by atoms with Gasteiger partial charge in [-0.15, -0.1) is 0 Å². The number of benzene rings is 3. The van der Waals surface area contributed by atoms with Gasteiger partial charge < -0.3 is 21.4 Å². The van der Waals surface area contributed by atoms with Crippen LogP contribution in [0.5, 0.6) is 0 Å². The summed E-state index contributed by atoms with van der Waals surface area (Å²) < 4.78 is 27.1. The number of nitrogens with one attached hydrogen (secondary N) is 3. The Labute approximate surface area is 234 Å². The zero-order chi connectivity index (χ0) is 27.9. The van der Waals surface area contributed by atoms with E-state index in [0.29, 0.717) is 13.0 Å². The van der Waals surface area contributed by atoms with E-state index in [2.05, 4.69) is 21.7 Å². The summed E-state index contributed by atoms with van der Waals surface area (Å²) in [6.07, 6.45) is 7.92. The third kappa shape index (κ3) is 7.14. The van der Waals surface area contributed by atoms with Gasteiger partial charge in [0.2, 0.25) is 5.91 Å². The van der Waals surface area contributed by atoms with Crippen LogP contribution in [0.1, 0.15) is 61.1 Å². The van der Waals surface area contributed by atoms with Crippen LogP contribution in [0, 0.1) is 11.6 Å². The van der Waals surface area contributed by atoms with Crippen LogP contribution in [-0.2, 0) is 11.2 Å². The molecule has 1 fully saturated rings. The number of H-pyrrole nitrogens is 1. The first-order valence-corrected chi connectivity index (χ1v) is 14.3. The average Bonchev–Trinajstić information content (AvgIpc) is 3.38. The Morgan fingerprint density at radius 3 is 2.17 bits per heavy atom. The number of hydrogen-bond donors (Lipinski definition) is 4. The van der Waals surface area contributed by atoms with E-state index in [1.54, 1.807) is 24.3 Å². The second-order valence-corrected chi connectivity index (χ2v) is 11.0. The summed E-state index contributed by atoms with van der Waals surface area (Å²) in [7, 11) is 0. The van der Waals surface area contributed by atoms with E-state index in [0.717, 1.165) is 66.1 Å². The number of carbonyl (C=O) groups is 1. The molecule has 5 nitrogen and oxygen atoms in total. The summed E-state index contributed by atoms with van der Waals surface area (Å²) in [6, 6.07) is 21.2. The lowest BCUT2D eigenvalue weighted by Crippen LogP contribution is -2.51. The van der Waals surface area contributed by atoms with Crippen molar-refractivity contribution in [2.75, 3.05) is 6.54 Å². The molecule has 210 valence electrons. The fourth-order valence-corrected chi connectivity index (χ4v) is 5.88. The zero-order valence-corrected chi connectivity index (χ0v) is 22.7. The number of carbonyl (C=O) groups excluding carboxylic acids is 1. The molecular formula is C33H38F2N4O. The van der Waals surface area contributed by atoms with Gasteiger partial charge in [0, 0.05) is 41.6 Å². The maximum atomic E-state index is 13.6. The molecule has 1 saturated carbocycles. The molecule has 1 aromatic heterocycles. The van der Waals surface area contributed by atoms with Gasteiger partial charge in [-0.2, -0.15) is 0 Å². The van der Waals surface area contributed by atoms with Crippen LogP contribution in [0.2, 0.25) is 0 Å². The van der Waals surface area contributed by atoms with Gasteiger partial charge in [0.1, 0.15) is 11.6 Å². The molecule has 7 heteroatoms. The number of aromatic nitrogens is 1. The Balaban J connectivity index is 1.24. The van der Waals surface area contributed by atoms with Gasteiger partial charge in [-0.3, -0.25) is 4.79 Å². The van der Waals surface area contributed by atoms with E-state index >= 15 is 0 Å². The Kier molecular flexibility index (Phi) is 9.24. The van der Waals surface area contributed by atoms with E-state index in [9.17, 15) is 13.6 Å². The molecule has 0 saturated heterocycles. The highest BCUT2D eigenvalue weighted by Crippen LogP contribution is 2.29. The first-order valence-electron chi connectivity index (χ1n) is 14.3. The van der Waals surface area contributed by atoms with Crippen LogP contribution >= 0.6 is 0 Å². The molecule has 1 aliphatic rings. The molecule has 4 aromatic rings. The fourth-order valence-electron chi connectivity index (χ4n) is 5.88. The highest BCUT2D eigenvalue weighted by molar-refractivity contribution is 5.86. The summed E-state index contributed by atoms with van der Waals surface area (Å²) in [5.41, 5.74) is 10.2. The summed E-state index contributed by atoms with van der Waals surface area (Å²) in [6.45, 7) is 0.513. The van der Waals surface area contributed by atoms with Crippen molar-refractivity contribution in [3.05, 3.63) is 107 Å². The van der Waals surface area contributed by atoms with Gasteiger partial charge in [0.15, 0.2) is 0 Å². The molecule has 0 bridgehead atoms. The third-order valence-corrected chi connectivity index (χ3v) is 8.14. The molecule has 1 aliphatic carbocycles. The van der Waals surface area contributed by atoms with Crippen molar-refractivity contribution in [2.45, 2.75) is 69.0 Å². The predicted molar refractivity (Wildman–Crippen MR) is 156 cm³/mol. The minimum atomic E-state index is -0.358. The normalized spacial score (nSPS) is 18.2. The lowest BCUT2D eigenvalue weighted by atomic mass is 9.87. The van der Waals surface area contributed by atoms with Crippen molar-refractivity contribution in [1.29, 1.82) is 0 Å². The molecular weight excluding hydrogens is 506 g/mol. The molecule has 3 aromatic carbocycles. The first-order chi connectivity index (χ1) is 19.5. The molecule has 0 aliphatic heterocycles. The summed E-state index contributed by atoms with van der Waals surface area (Å²) in [5, 5.41) is 7.93. The van der Waals surface area contributed by atoms with E-state index in [-0.39, 0.29) is 41.6 Å². The van der Waals surface area contributed by atoms with Crippen molar-refractivity contribution in [3.63, 3.8) is 0 Å². The predicted octanol–water partition coefficient (Wildman–Crippen LogP) is 5.95. The third-order valence-electron chi connectivity index (χ3n) is 8.14. The molecule has 1 heterocycles. The van der Waals surface area contributed by atoms with E-state index < -0.39 is 0 Å². The fraction of sp³-hybridized carbons (Fsp3) is 0.364.